The van der Waals surface area contributed by atoms with Crippen molar-refractivity contribution in [1.82, 2.24) is 4.90 Å². The summed E-state index contributed by atoms with van der Waals surface area (Å²) in [5.41, 5.74) is 1.16. The van der Waals surface area contributed by atoms with Crippen molar-refractivity contribution in [1.29, 1.82) is 0 Å². The highest BCUT2D eigenvalue weighted by Gasteiger charge is 2.44. The normalized spacial score (nSPS) is 14.6. The maximum atomic E-state index is 12.6. The van der Waals surface area contributed by atoms with Crippen LogP contribution in [0.15, 0.2) is 54.6 Å². The van der Waals surface area contributed by atoms with Crippen molar-refractivity contribution >= 4 is 17.8 Å². The fourth-order valence-corrected chi connectivity index (χ4v) is 2.69. The standard InChI is InChI=1S/C18H15NO4/c1-2-23-18(22)15(12-8-4-3-5-9-12)19-16(20)13-10-6-7-11-14(13)17(19)21/h3-11,15H,2H2,1H3/t15-/m1/s1. The average molecular weight is 309 g/mol. The fraction of sp³-hybridized carbons (Fsp3) is 0.167. The van der Waals surface area contributed by atoms with Crippen LogP contribution in [0.3, 0.4) is 0 Å². The molecule has 23 heavy (non-hydrogen) atoms. The van der Waals surface area contributed by atoms with E-state index < -0.39 is 23.8 Å². The third-order valence-electron chi connectivity index (χ3n) is 3.71. The average Bonchev–Trinajstić information content (AvgIpc) is 2.82. The fourth-order valence-electron chi connectivity index (χ4n) is 2.69. The third kappa shape index (κ3) is 2.50. The molecule has 0 aromatic heterocycles. The Bertz CT molecular complexity index is 735. The molecule has 0 unspecified atom stereocenters. The van der Waals surface area contributed by atoms with Gasteiger partial charge in [-0.1, -0.05) is 42.5 Å². The molecule has 0 N–H and O–H groups in total. The van der Waals surface area contributed by atoms with Crippen LogP contribution < -0.4 is 0 Å². The van der Waals surface area contributed by atoms with Crippen LogP contribution in [0.5, 0.6) is 0 Å². The number of amides is 2. The number of fused-ring (bicyclic) bond motifs is 1. The van der Waals surface area contributed by atoms with E-state index >= 15 is 0 Å². The highest BCUT2D eigenvalue weighted by Crippen LogP contribution is 2.32. The Morgan fingerprint density at radius 3 is 2.00 bits per heavy atom. The molecule has 0 fully saturated rings. The van der Waals surface area contributed by atoms with Crippen molar-refractivity contribution in [2.75, 3.05) is 6.61 Å². The van der Waals surface area contributed by atoms with Crippen LogP contribution in [0.1, 0.15) is 39.2 Å². The van der Waals surface area contributed by atoms with Gasteiger partial charge in [0.05, 0.1) is 17.7 Å². The summed E-state index contributed by atoms with van der Waals surface area (Å²) in [6, 6.07) is 14.2. The number of carbonyl (C=O) groups is 3. The first-order valence-corrected chi connectivity index (χ1v) is 7.33. The van der Waals surface area contributed by atoms with E-state index in [1.165, 1.54) is 0 Å². The summed E-state index contributed by atoms with van der Waals surface area (Å²) in [5.74, 6) is -1.58. The lowest BCUT2D eigenvalue weighted by molar-refractivity contribution is -0.148. The molecule has 0 saturated heterocycles. The molecule has 1 aliphatic heterocycles. The highest BCUT2D eigenvalue weighted by atomic mass is 16.5. The van der Waals surface area contributed by atoms with Crippen LogP contribution >= 0.6 is 0 Å². The van der Waals surface area contributed by atoms with Crippen molar-refractivity contribution in [2.45, 2.75) is 13.0 Å². The molecule has 0 saturated carbocycles. The van der Waals surface area contributed by atoms with Gasteiger partial charge in [0.1, 0.15) is 0 Å². The molecular weight excluding hydrogens is 294 g/mol. The third-order valence-corrected chi connectivity index (χ3v) is 3.71. The summed E-state index contributed by atoms with van der Waals surface area (Å²) in [5, 5.41) is 0. The van der Waals surface area contributed by atoms with Crippen LogP contribution in [0, 0.1) is 0 Å². The second kappa shape index (κ2) is 6.04. The first kappa shape index (κ1) is 15.0. The summed E-state index contributed by atoms with van der Waals surface area (Å²) in [4.78, 5) is 38.6. The zero-order valence-electron chi connectivity index (χ0n) is 12.6. The zero-order chi connectivity index (χ0) is 16.4. The number of esters is 1. The lowest BCUT2D eigenvalue weighted by Crippen LogP contribution is -2.39. The van der Waals surface area contributed by atoms with Gasteiger partial charge in [0.15, 0.2) is 6.04 Å². The van der Waals surface area contributed by atoms with E-state index in [0.29, 0.717) is 16.7 Å². The Morgan fingerprint density at radius 2 is 1.48 bits per heavy atom. The van der Waals surface area contributed by atoms with Gasteiger partial charge in [-0.2, -0.15) is 0 Å². The largest absolute Gasteiger partial charge is 0.464 e. The Morgan fingerprint density at radius 1 is 0.957 bits per heavy atom. The molecule has 0 spiro atoms. The topological polar surface area (TPSA) is 63.7 Å². The van der Waals surface area contributed by atoms with E-state index in [1.54, 1.807) is 61.5 Å². The molecule has 116 valence electrons. The predicted octanol–water partition coefficient (Wildman–Crippen LogP) is 2.59. The minimum absolute atomic E-state index is 0.172. The number of hydrogen-bond donors (Lipinski definition) is 0. The van der Waals surface area contributed by atoms with Gasteiger partial charge in [-0.15, -0.1) is 0 Å². The Kier molecular flexibility index (Phi) is 3.93. The predicted molar refractivity (Wildman–Crippen MR) is 82.8 cm³/mol. The molecule has 1 atom stereocenters. The van der Waals surface area contributed by atoms with Gasteiger partial charge in [0, 0.05) is 0 Å². The number of carbonyl (C=O) groups excluding carboxylic acids is 3. The van der Waals surface area contributed by atoms with Crippen molar-refractivity contribution in [3.63, 3.8) is 0 Å². The molecule has 0 radical (unpaired) electrons. The second-order valence-corrected chi connectivity index (χ2v) is 5.09. The lowest BCUT2D eigenvalue weighted by atomic mass is 10.1. The number of nitrogens with zero attached hydrogens (tertiary/aromatic N) is 1. The second-order valence-electron chi connectivity index (χ2n) is 5.09. The Labute approximate surface area is 133 Å². The number of rotatable bonds is 4. The highest BCUT2D eigenvalue weighted by molar-refractivity contribution is 6.22. The van der Waals surface area contributed by atoms with Gasteiger partial charge in [0.25, 0.3) is 11.8 Å². The molecule has 0 bridgehead atoms. The smallest absolute Gasteiger partial charge is 0.334 e. The van der Waals surface area contributed by atoms with E-state index in [1.807, 2.05) is 0 Å². The number of ether oxygens (including phenoxy) is 1. The molecule has 5 heteroatoms. The molecule has 1 aliphatic rings. The Balaban J connectivity index is 2.07. The van der Waals surface area contributed by atoms with Gasteiger partial charge in [0.2, 0.25) is 0 Å². The van der Waals surface area contributed by atoms with Crippen LogP contribution in [0.4, 0.5) is 0 Å². The number of benzene rings is 2. The molecule has 1 heterocycles. The van der Waals surface area contributed by atoms with E-state index in [0.717, 1.165) is 4.90 Å². The van der Waals surface area contributed by atoms with Gasteiger partial charge in [-0.3, -0.25) is 14.5 Å². The molecule has 2 amide bonds. The number of hydrogen-bond acceptors (Lipinski definition) is 4. The summed E-state index contributed by atoms with van der Waals surface area (Å²) in [6.07, 6.45) is 0. The maximum absolute atomic E-state index is 12.6. The van der Waals surface area contributed by atoms with Crippen molar-refractivity contribution in [2.24, 2.45) is 0 Å². The monoisotopic (exact) mass is 309 g/mol. The summed E-state index contributed by atoms with van der Waals surface area (Å²) < 4.78 is 5.08. The quantitative estimate of drug-likeness (QED) is 0.643. The zero-order valence-corrected chi connectivity index (χ0v) is 12.6. The van der Waals surface area contributed by atoms with Crippen LogP contribution in [-0.2, 0) is 9.53 Å². The van der Waals surface area contributed by atoms with Crippen LogP contribution in [0.25, 0.3) is 0 Å². The summed E-state index contributed by atoms with van der Waals surface area (Å²) >= 11 is 0. The van der Waals surface area contributed by atoms with E-state index in [-0.39, 0.29) is 6.61 Å². The van der Waals surface area contributed by atoms with Crippen molar-refractivity contribution < 1.29 is 19.1 Å². The summed E-state index contributed by atoms with van der Waals surface area (Å²) in [7, 11) is 0. The van der Waals surface area contributed by atoms with Crippen LogP contribution in [-0.4, -0.2) is 29.3 Å². The summed E-state index contributed by atoms with van der Waals surface area (Å²) in [6.45, 7) is 1.85. The SMILES string of the molecule is CCOC(=O)[C@@H](c1ccccc1)N1C(=O)c2ccccc2C1=O. The van der Waals surface area contributed by atoms with E-state index in [9.17, 15) is 14.4 Å². The van der Waals surface area contributed by atoms with Gasteiger partial charge in [-0.25, -0.2) is 4.79 Å². The van der Waals surface area contributed by atoms with Crippen LogP contribution in [0.2, 0.25) is 0 Å². The van der Waals surface area contributed by atoms with Gasteiger partial charge < -0.3 is 4.74 Å². The van der Waals surface area contributed by atoms with Crippen molar-refractivity contribution in [3.8, 4) is 0 Å². The molecule has 0 aliphatic carbocycles. The molecule has 5 nitrogen and oxygen atoms in total. The first-order valence-electron chi connectivity index (χ1n) is 7.33. The molecule has 2 aromatic carbocycles. The molecule has 2 aromatic rings. The van der Waals surface area contributed by atoms with Gasteiger partial charge in [-0.05, 0) is 24.6 Å². The van der Waals surface area contributed by atoms with Gasteiger partial charge >= 0.3 is 5.97 Å². The number of imide groups is 1. The lowest BCUT2D eigenvalue weighted by Gasteiger charge is -2.24. The first-order chi connectivity index (χ1) is 11.1. The molecule has 3 rings (SSSR count). The van der Waals surface area contributed by atoms with E-state index in [2.05, 4.69) is 0 Å². The minimum atomic E-state index is -1.08. The van der Waals surface area contributed by atoms with Crippen molar-refractivity contribution in [3.05, 3.63) is 71.3 Å². The Hall–Kier alpha value is -2.95. The minimum Gasteiger partial charge on any atom is -0.464 e. The maximum Gasteiger partial charge on any atom is 0.334 e. The van der Waals surface area contributed by atoms with E-state index in [4.69, 9.17) is 4.74 Å². The molecular formula is C18H15NO4.